The van der Waals surface area contributed by atoms with E-state index in [4.69, 9.17) is 21.6 Å². The molecule has 0 aliphatic carbocycles. The summed E-state index contributed by atoms with van der Waals surface area (Å²) in [6.45, 7) is 9.72. The number of terminal acetylenes is 1. The van der Waals surface area contributed by atoms with Crippen LogP contribution in [0.4, 0.5) is 0 Å². The molecule has 1 N–H and O–H groups in total. The summed E-state index contributed by atoms with van der Waals surface area (Å²) >= 11 is 0. The Kier molecular flexibility index (Phi) is 25.6. The Bertz CT molecular complexity index is 2050. The molecule has 14 nitrogen and oxygen atoms in total. The van der Waals surface area contributed by atoms with Crippen molar-refractivity contribution in [2.45, 2.75) is 33.5 Å². The van der Waals surface area contributed by atoms with Gasteiger partial charge in [0.05, 0.1) is 37.0 Å². The van der Waals surface area contributed by atoms with Crippen LogP contribution in [0.25, 0.3) is 11.4 Å². The average Bonchev–Trinajstić information content (AvgIpc) is 3.12. The summed E-state index contributed by atoms with van der Waals surface area (Å²) in [6, 6.07) is 16.9. The molecular formula is C35H38K2N4O10Si. The van der Waals surface area contributed by atoms with Crippen LogP contribution in [0.2, 0.25) is 19.6 Å². The first kappa shape index (κ1) is 51.2. The fourth-order valence-corrected chi connectivity index (χ4v) is 4.32. The molecule has 4 rings (SSSR count). The molecule has 0 amide bonds. The van der Waals surface area contributed by atoms with Crippen molar-refractivity contribution in [3.8, 4) is 35.2 Å². The third-order valence-corrected chi connectivity index (χ3v) is 6.72. The van der Waals surface area contributed by atoms with Crippen molar-refractivity contribution in [1.29, 1.82) is 0 Å². The number of methoxy groups -OCH3 is 2. The van der Waals surface area contributed by atoms with E-state index in [0.717, 1.165) is 17.4 Å². The minimum absolute atomic E-state index is 0. The molecule has 0 saturated heterocycles. The van der Waals surface area contributed by atoms with E-state index in [9.17, 15) is 19.2 Å². The SMILES string of the molecule is C#Cc1cccc(-n2nc(C)cc(C(=O)OC)c2=O)c1.CO.COC(=O)c1cc(C)nn(-c2cccc(C#C[Si](C)(C)C)c2)c1=O.O=CO[O-].[H-].[K+].[K+]. The molecule has 0 bridgehead atoms. The fourth-order valence-electron chi connectivity index (χ4n) is 3.80. The monoisotopic (exact) mass is 780 g/mol. The molecule has 4 aromatic rings. The molecule has 0 radical (unpaired) electrons. The minimum atomic E-state index is -1.49. The minimum Gasteiger partial charge on any atom is -1.00 e. The second-order valence-corrected chi connectivity index (χ2v) is 15.5. The third kappa shape index (κ3) is 16.4. The Labute approximate surface area is 389 Å². The summed E-state index contributed by atoms with van der Waals surface area (Å²) in [7, 11) is 1.98. The predicted molar refractivity (Wildman–Crippen MR) is 186 cm³/mol. The summed E-state index contributed by atoms with van der Waals surface area (Å²) in [6.07, 6.45) is 5.33. The predicted octanol–water partition coefficient (Wildman–Crippen LogP) is -3.97. The number of carbonyl (C=O) groups excluding carboxylic acids is 3. The van der Waals surface area contributed by atoms with Crippen LogP contribution in [0.5, 0.6) is 0 Å². The van der Waals surface area contributed by atoms with Crippen molar-refractivity contribution in [3.63, 3.8) is 0 Å². The maximum atomic E-state index is 12.5. The number of esters is 2. The van der Waals surface area contributed by atoms with Gasteiger partial charge in [-0.25, -0.2) is 9.59 Å². The molecule has 2 aromatic heterocycles. The van der Waals surface area contributed by atoms with Gasteiger partial charge in [-0.2, -0.15) is 19.6 Å². The zero-order valence-electron chi connectivity index (χ0n) is 31.8. The first-order valence-electron chi connectivity index (χ1n) is 14.5. The number of ether oxygens (including phenoxy) is 2. The summed E-state index contributed by atoms with van der Waals surface area (Å²) in [4.78, 5) is 59.4. The van der Waals surface area contributed by atoms with Crippen LogP contribution in [0.1, 0.15) is 44.7 Å². The standard InChI is InChI=1S/C18H20N2O3Si.C15H12N2O3.CH2O3.CH4O.2K.H/c1-13-11-16(18(22)23-2)17(21)20(19-13)15-8-6-7-14(12-15)9-10-24(3,4)5;1-4-11-6-5-7-12(9-11)17-14(18)13(15(19)20-3)8-10(2)16-17;2-1-4-3;1-2;;;/h6-8,11-12H,1-5H3;1,5-9H,2-3H3;1,3H;2H,1H3;;;/q;;;;2*+1;-1/p-1. The molecule has 17 heteroatoms. The number of aliphatic hydroxyl groups excluding tert-OH is 1. The maximum absolute atomic E-state index is 12.5. The van der Waals surface area contributed by atoms with E-state index < -0.39 is 31.1 Å². The normalized spacial score (nSPS) is 9.25. The van der Waals surface area contributed by atoms with E-state index in [2.05, 4.69) is 61.6 Å². The van der Waals surface area contributed by atoms with Crippen molar-refractivity contribution >= 4 is 26.5 Å². The van der Waals surface area contributed by atoms with Gasteiger partial charge in [-0.05, 0) is 62.4 Å². The van der Waals surface area contributed by atoms with Gasteiger partial charge in [-0.15, -0.1) is 12.0 Å². The molecule has 264 valence electrons. The first-order valence-corrected chi connectivity index (χ1v) is 18.0. The van der Waals surface area contributed by atoms with Crippen LogP contribution in [0.15, 0.2) is 70.3 Å². The van der Waals surface area contributed by atoms with E-state index in [1.165, 1.54) is 31.0 Å². The fraction of sp³-hybridized carbons (Fsp3) is 0.229. The first-order chi connectivity index (χ1) is 23.7. The molecule has 0 atom stereocenters. The number of nitrogens with zero attached hydrogens (tertiary/aromatic N) is 4. The van der Waals surface area contributed by atoms with Crippen molar-refractivity contribution in [2.75, 3.05) is 21.3 Å². The summed E-state index contributed by atoms with van der Waals surface area (Å²) in [5, 5.41) is 23.8. The quantitative estimate of drug-likeness (QED) is 0.0517. The number of aromatic nitrogens is 4. The zero-order chi connectivity index (χ0) is 38.0. The van der Waals surface area contributed by atoms with Gasteiger partial charge in [0, 0.05) is 18.2 Å². The number of benzene rings is 2. The van der Waals surface area contributed by atoms with Gasteiger partial charge in [-0.1, -0.05) is 43.6 Å². The largest absolute Gasteiger partial charge is 1.00 e. The van der Waals surface area contributed by atoms with Crippen molar-refractivity contribution in [2.24, 2.45) is 0 Å². The van der Waals surface area contributed by atoms with Gasteiger partial charge < -0.3 is 26.2 Å². The summed E-state index contributed by atoms with van der Waals surface area (Å²) < 4.78 is 11.6. The van der Waals surface area contributed by atoms with Crippen LogP contribution in [0.3, 0.4) is 0 Å². The Hall–Kier alpha value is -2.86. The van der Waals surface area contributed by atoms with Crippen LogP contribution in [-0.2, 0) is 19.2 Å². The molecule has 0 unspecified atom stereocenters. The van der Waals surface area contributed by atoms with E-state index in [-0.39, 0.29) is 122 Å². The van der Waals surface area contributed by atoms with E-state index in [0.29, 0.717) is 28.3 Å². The Morgan fingerprint density at radius 1 is 0.827 bits per heavy atom. The molecule has 0 saturated carbocycles. The van der Waals surface area contributed by atoms with E-state index in [1.807, 2.05) is 12.1 Å². The second-order valence-electron chi connectivity index (χ2n) is 10.8. The van der Waals surface area contributed by atoms with Gasteiger partial charge in [0.25, 0.3) is 17.6 Å². The van der Waals surface area contributed by atoms with Gasteiger partial charge in [0.2, 0.25) is 0 Å². The van der Waals surface area contributed by atoms with Crippen LogP contribution >= 0.6 is 0 Å². The van der Waals surface area contributed by atoms with Gasteiger partial charge >= 0.3 is 115 Å². The molecule has 0 spiro atoms. The Morgan fingerprint density at radius 2 is 1.21 bits per heavy atom. The smallest absolute Gasteiger partial charge is 1.00 e. The number of hydrogen-bond donors (Lipinski definition) is 1. The van der Waals surface area contributed by atoms with Crippen LogP contribution in [-0.4, -0.2) is 72.5 Å². The van der Waals surface area contributed by atoms with Crippen molar-refractivity contribution in [3.05, 3.63) is 115 Å². The molecule has 0 aliphatic heterocycles. The van der Waals surface area contributed by atoms with E-state index in [1.54, 1.807) is 50.2 Å². The van der Waals surface area contributed by atoms with Gasteiger partial charge in [0.1, 0.15) is 19.2 Å². The Balaban J connectivity index is -0.000000790. The number of rotatable bonds is 5. The van der Waals surface area contributed by atoms with Crippen molar-refractivity contribution in [1.82, 2.24) is 19.6 Å². The molecule has 2 aromatic carbocycles. The number of hydrogen-bond acceptors (Lipinski definition) is 12. The zero-order valence-corrected chi connectivity index (χ0v) is 38.1. The van der Waals surface area contributed by atoms with Gasteiger partial charge in [0.15, 0.2) is 0 Å². The maximum Gasteiger partial charge on any atom is 1.00 e. The average molecular weight is 781 g/mol. The second kappa shape index (κ2) is 26.0. The molecule has 52 heavy (non-hydrogen) atoms. The number of aliphatic hydroxyl groups is 1. The number of carbonyl (C=O) groups is 3. The van der Waals surface area contributed by atoms with Crippen molar-refractivity contribution < 1.29 is 143 Å². The third-order valence-electron chi connectivity index (χ3n) is 5.85. The molecule has 0 aliphatic rings. The topological polar surface area (TPSA) is 192 Å². The van der Waals surface area contributed by atoms with E-state index >= 15 is 0 Å². The Morgan fingerprint density at radius 3 is 1.56 bits per heavy atom. The molecule has 2 heterocycles. The summed E-state index contributed by atoms with van der Waals surface area (Å²) in [5.74, 6) is 4.27. The summed E-state index contributed by atoms with van der Waals surface area (Å²) in [5.41, 5.74) is 5.70. The van der Waals surface area contributed by atoms with Crippen LogP contribution in [0, 0.1) is 37.7 Å². The molecular weight excluding hydrogens is 743 g/mol. The molecule has 0 fully saturated rings. The van der Waals surface area contributed by atoms with Gasteiger partial charge in [-0.3, -0.25) is 14.4 Å². The number of aryl methyl sites for hydroxylation is 2. The van der Waals surface area contributed by atoms with Crippen LogP contribution < -0.4 is 119 Å².